The summed E-state index contributed by atoms with van der Waals surface area (Å²) in [5.41, 5.74) is -0.439. The first kappa shape index (κ1) is 15.3. The van der Waals surface area contributed by atoms with Crippen LogP contribution >= 0.6 is 11.9 Å². The average molecular weight is 311 g/mol. The van der Waals surface area contributed by atoms with Crippen LogP contribution in [-0.4, -0.2) is 39.0 Å². The van der Waals surface area contributed by atoms with E-state index in [4.69, 9.17) is 0 Å². The fourth-order valence-electron chi connectivity index (χ4n) is 4.15. The average Bonchev–Trinajstić information content (AvgIpc) is 2.80. The summed E-state index contributed by atoms with van der Waals surface area (Å²) in [4.78, 5) is 24.4. The number of nitrogens with zero attached hydrogens (tertiary/aromatic N) is 1. The summed E-state index contributed by atoms with van der Waals surface area (Å²) in [6.07, 6.45) is 3.26. The molecule has 4 nitrogen and oxygen atoms in total. The van der Waals surface area contributed by atoms with E-state index in [9.17, 15) is 14.7 Å². The number of aliphatic hydroxyl groups excluding tert-OH is 1. The van der Waals surface area contributed by atoms with Crippen molar-refractivity contribution in [1.82, 2.24) is 4.31 Å². The molecule has 3 fully saturated rings. The Morgan fingerprint density at radius 3 is 2.67 bits per heavy atom. The number of hydrogen-bond donors (Lipinski definition) is 1. The van der Waals surface area contributed by atoms with Gasteiger partial charge in [-0.1, -0.05) is 20.8 Å². The molecule has 1 spiro atoms. The maximum atomic E-state index is 12.5. The van der Waals surface area contributed by atoms with E-state index in [1.165, 1.54) is 12.8 Å². The second-order valence-electron chi connectivity index (χ2n) is 7.43. The van der Waals surface area contributed by atoms with Crippen molar-refractivity contribution < 1.29 is 14.7 Å². The Morgan fingerprint density at radius 1 is 1.48 bits per heavy atom. The first-order chi connectivity index (χ1) is 9.83. The maximum absolute atomic E-state index is 12.5. The van der Waals surface area contributed by atoms with E-state index in [2.05, 4.69) is 0 Å². The third kappa shape index (κ3) is 2.07. The molecular formula is C16H25NO3S. The number of Topliss-reactive ketones (excluding diaryl/α,β-unsaturated/α-hetero) is 1. The molecule has 0 aromatic rings. The van der Waals surface area contributed by atoms with Gasteiger partial charge in [0.05, 0.1) is 18.6 Å². The summed E-state index contributed by atoms with van der Waals surface area (Å²) in [6, 6.07) is 0.380. The van der Waals surface area contributed by atoms with Gasteiger partial charge in [-0.2, -0.15) is 0 Å². The highest BCUT2D eigenvalue weighted by atomic mass is 32.2. The topological polar surface area (TPSA) is 57.6 Å². The number of carbonyl (C=O) groups excluding carboxylic acids is 2. The lowest BCUT2D eigenvalue weighted by Gasteiger charge is -2.61. The van der Waals surface area contributed by atoms with Gasteiger partial charge in [0.2, 0.25) is 5.91 Å². The van der Waals surface area contributed by atoms with Crippen LogP contribution < -0.4 is 0 Å². The van der Waals surface area contributed by atoms with Gasteiger partial charge in [0, 0.05) is 23.0 Å². The van der Waals surface area contributed by atoms with Crippen molar-refractivity contribution in [2.24, 2.45) is 16.7 Å². The number of ketones is 1. The summed E-state index contributed by atoms with van der Waals surface area (Å²) in [5, 5.41) is 10.3. The van der Waals surface area contributed by atoms with Crippen LogP contribution in [0.2, 0.25) is 0 Å². The molecule has 1 aliphatic heterocycles. The summed E-state index contributed by atoms with van der Waals surface area (Å²) in [5.74, 6) is 1.89. The molecule has 0 bridgehead atoms. The highest BCUT2D eigenvalue weighted by molar-refractivity contribution is 7.97. The van der Waals surface area contributed by atoms with Gasteiger partial charge < -0.3 is 5.11 Å². The number of rotatable bonds is 5. The highest BCUT2D eigenvalue weighted by Crippen LogP contribution is 2.68. The first-order valence-corrected chi connectivity index (χ1v) is 8.93. The quantitative estimate of drug-likeness (QED) is 0.792. The van der Waals surface area contributed by atoms with Crippen LogP contribution in [0.3, 0.4) is 0 Å². The normalized spacial score (nSPS) is 35.3. The molecule has 21 heavy (non-hydrogen) atoms. The molecule has 0 aromatic carbocycles. The Labute approximate surface area is 130 Å². The van der Waals surface area contributed by atoms with Crippen LogP contribution in [0.25, 0.3) is 0 Å². The molecule has 2 saturated carbocycles. The second-order valence-corrected chi connectivity index (χ2v) is 8.37. The summed E-state index contributed by atoms with van der Waals surface area (Å²) in [6.45, 7) is 5.27. The fraction of sp³-hybridized carbons (Fsp3) is 0.875. The smallest absolute Gasteiger partial charge is 0.235 e. The van der Waals surface area contributed by atoms with E-state index in [0.29, 0.717) is 17.9 Å². The Hall–Kier alpha value is -0.550. The lowest BCUT2D eigenvalue weighted by molar-refractivity contribution is -0.148. The van der Waals surface area contributed by atoms with Crippen molar-refractivity contribution in [3.05, 3.63) is 0 Å². The van der Waals surface area contributed by atoms with Gasteiger partial charge in [0.25, 0.3) is 0 Å². The lowest BCUT2D eigenvalue weighted by Crippen LogP contribution is -2.62. The molecule has 1 amide bonds. The minimum atomic E-state index is -0.896. The Morgan fingerprint density at radius 2 is 2.19 bits per heavy atom. The van der Waals surface area contributed by atoms with Gasteiger partial charge in [0.15, 0.2) is 0 Å². The zero-order valence-corrected chi connectivity index (χ0v) is 13.9. The van der Waals surface area contributed by atoms with Crippen molar-refractivity contribution in [2.45, 2.75) is 65.0 Å². The number of aliphatic hydroxyl groups is 1. The Bertz CT molecular complexity index is 478. The molecule has 3 rings (SSSR count). The van der Waals surface area contributed by atoms with Crippen molar-refractivity contribution in [3.8, 4) is 0 Å². The van der Waals surface area contributed by atoms with Gasteiger partial charge in [-0.3, -0.25) is 13.9 Å². The van der Waals surface area contributed by atoms with E-state index >= 15 is 0 Å². The van der Waals surface area contributed by atoms with Crippen molar-refractivity contribution in [1.29, 1.82) is 0 Å². The Kier molecular flexibility index (Phi) is 3.64. The van der Waals surface area contributed by atoms with Gasteiger partial charge in [0.1, 0.15) is 5.78 Å². The molecule has 1 saturated heterocycles. The summed E-state index contributed by atoms with van der Waals surface area (Å²) < 4.78 is 1.91. The van der Waals surface area contributed by atoms with E-state index in [0.717, 1.165) is 18.1 Å². The van der Waals surface area contributed by atoms with Crippen molar-refractivity contribution in [2.75, 3.05) is 5.75 Å². The molecule has 5 heteroatoms. The number of carbonyl (C=O) groups is 2. The van der Waals surface area contributed by atoms with Gasteiger partial charge in [-0.15, -0.1) is 0 Å². The SMILES string of the molecule is CCC(=O)C(C)(C)[C@@H](O)CC(=O)N1SC[C@@]23CCC2CC13. The molecule has 0 radical (unpaired) electrons. The number of amides is 1. The predicted molar refractivity (Wildman–Crippen MR) is 82.6 cm³/mol. The number of hydrogen-bond acceptors (Lipinski definition) is 4. The van der Waals surface area contributed by atoms with Crippen LogP contribution in [0.5, 0.6) is 0 Å². The van der Waals surface area contributed by atoms with E-state index in [-0.39, 0.29) is 18.1 Å². The predicted octanol–water partition coefficient (Wildman–Crippen LogP) is 2.40. The summed E-state index contributed by atoms with van der Waals surface area (Å²) >= 11 is 1.64. The van der Waals surface area contributed by atoms with Crippen LogP contribution in [0.1, 0.15) is 52.9 Å². The zero-order chi connectivity index (χ0) is 15.4. The maximum Gasteiger partial charge on any atom is 0.235 e. The molecule has 3 aliphatic rings. The molecule has 0 aromatic heterocycles. The van der Waals surface area contributed by atoms with Crippen LogP contribution in [0.4, 0.5) is 0 Å². The standard InChI is InChI=1S/C16H25NO3S/c1-4-12(18)15(2,3)13(19)8-14(20)17-11-7-10-5-6-16(10,11)9-21-17/h10-11,13,19H,4-9H2,1-3H3/t10?,11?,13-,16-/m0/s1. The van der Waals surface area contributed by atoms with E-state index in [1.54, 1.807) is 32.7 Å². The summed E-state index contributed by atoms with van der Waals surface area (Å²) in [7, 11) is 0. The zero-order valence-electron chi connectivity index (χ0n) is 13.1. The fourth-order valence-corrected chi connectivity index (χ4v) is 5.79. The monoisotopic (exact) mass is 311 g/mol. The third-order valence-electron chi connectivity index (χ3n) is 6.18. The van der Waals surface area contributed by atoms with Gasteiger partial charge >= 0.3 is 0 Å². The first-order valence-electron chi connectivity index (χ1n) is 7.99. The van der Waals surface area contributed by atoms with E-state index in [1.807, 2.05) is 4.31 Å². The third-order valence-corrected chi connectivity index (χ3v) is 7.59. The molecule has 2 aliphatic carbocycles. The van der Waals surface area contributed by atoms with Gasteiger partial charge in [-0.05, 0) is 37.1 Å². The van der Waals surface area contributed by atoms with Crippen LogP contribution in [-0.2, 0) is 9.59 Å². The largest absolute Gasteiger partial charge is 0.392 e. The van der Waals surface area contributed by atoms with Crippen molar-refractivity contribution >= 4 is 23.6 Å². The second kappa shape index (κ2) is 4.98. The molecule has 1 heterocycles. The highest BCUT2D eigenvalue weighted by Gasteiger charge is 2.66. The molecule has 118 valence electrons. The minimum absolute atomic E-state index is 0.00305. The van der Waals surface area contributed by atoms with Crippen molar-refractivity contribution in [3.63, 3.8) is 0 Å². The molecule has 2 unspecified atom stereocenters. The Balaban J connectivity index is 1.61. The minimum Gasteiger partial charge on any atom is -0.392 e. The van der Waals surface area contributed by atoms with E-state index < -0.39 is 11.5 Å². The van der Waals surface area contributed by atoms with Crippen LogP contribution in [0, 0.1) is 16.7 Å². The lowest BCUT2D eigenvalue weighted by atomic mass is 9.46. The van der Waals surface area contributed by atoms with Crippen LogP contribution in [0.15, 0.2) is 0 Å². The molecular weight excluding hydrogens is 286 g/mol. The molecule has 1 N–H and O–H groups in total. The van der Waals surface area contributed by atoms with Gasteiger partial charge in [-0.25, -0.2) is 0 Å². The molecule has 4 atom stereocenters.